The zero-order chi connectivity index (χ0) is 8.69. The average Bonchev–Trinajstić information content (AvgIpc) is 2.03. The smallest absolute Gasteiger partial charge is 0.261 e. The van der Waals surface area contributed by atoms with Crippen LogP contribution in [0.5, 0.6) is 0 Å². The quantitative estimate of drug-likeness (QED) is 0.292. The van der Waals surface area contributed by atoms with Crippen LogP contribution < -0.4 is 5.48 Å². The Kier molecular flexibility index (Phi) is 6.27. The van der Waals surface area contributed by atoms with Gasteiger partial charge in [-0.2, -0.15) is 0 Å². The van der Waals surface area contributed by atoms with Crippen molar-refractivity contribution in [3.63, 3.8) is 0 Å². The fourth-order valence-electron chi connectivity index (χ4n) is 0.775. The molecule has 0 heterocycles. The molecule has 0 fully saturated rings. The van der Waals surface area contributed by atoms with Gasteiger partial charge in [0.2, 0.25) is 0 Å². The van der Waals surface area contributed by atoms with E-state index < -0.39 is 11.3 Å². The summed E-state index contributed by atoms with van der Waals surface area (Å²) in [5.41, 5.74) is 1.52. The summed E-state index contributed by atoms with van der Waals surface area (Å²) >= 11 is 5.60. The molecule has 2 N–H and O–H groups in total. The molecule has 0 radical (unpaired) electrons. The molecule has 11 heavy (non-hydrogen) atoms. The van der Waals surface area contributed by atoms with Gasteiger partial charge in [-0.05, 0) is 6.42 Å². The number of hydrogen-bond donors (Lipinski definition) is 2. The number of unbranched alkanes of at least 4 members (excludes halogenated alkanes) is 2. The Morgan fingerprint density at radius 3 is 2.73 bits per heavy atom. The maximum absolute atomic E-state index is 10.6. The second-order valence-corrected chi connectivity index (χ2v) is 2.97. The van der Waals surface area contributed by atoms with E-state index in [4.69, 9.17) is 16.8 Å². The molecule has 0 rings (SSSR count). The summed E-state index contributed by atoms with van der Waals surface area (Å²) < 4.78 is 0. The van der Waals surface area contributed by atoms with E-state index in [-0.39, 0.29) is 0 Å². The van der Waals surface area contributed by atoms with Gasteiger partial charge in [0.15, 0.2) is 0 Å². The van der Waals surface area contributed by atoms with Crippen LogP contribution in [0.25, 0.3) is 0 Å². The van der Waals surface area contributed by atoms with E-state index in [2.05, 4.69) is 6.92 Å². The van der Waals surface area contributed by atoms with Gasteiger partial charge < -0.3 is 0 Å². The summed E-state index contributed by atoms with van der Waals surface area (Å²) in [5.74, 6) is -0.511. The summed E-state index contributed by atoms with van der Waals surface area (Å²) in [7, 11) is 0. The second-order valence-electron chi connectivity index (χ2n) is 2.44. The molecule has 0 spiro atoms. The van der Waals surface area contributed by atoms with Gasteiger partial charge in [-0.25, -0.2) is 5.48 Å². The predicted octanol–water partition coefficient (Wildman–Crippen LogP) is 1.68. The van der Waals surface area contributed by atoms with E-state index in [0.29, 0.717) is 6.42 Å². The molecule has 0 aromatic heterocycles. The molecular formula is C7H14ClNO2. The zero-order valence-corrected chi connectivity index (χ0v) is 7.40. The maximum Gasteiger partial charge on any atom is 0.261 e. The first-order valence-electron chi connectivity index (χ1n) is 3.80. The molecule has 0 aliphatic heterocycles. The van der Waals surface area contributed by atoms with Crippen molar-refractivity contribution >= 4 is 17.5 Å². The van der Waals surface area contributed by atoms with E-state index in [1.54, 1.807) is 0 Å². The van der Waals surface area contributed by atoms with Gasteiger partial charge in [0, 0.05) is 0 Å². The van der Waals surface area contributed by atoms with Crippen molar-refractivity contribution in [3.8, 4) is 0 Å². The normalized spacial score (nSPS) is 12.6. The molecule has 1 amide bonds. The first-order chi connectivity index (χ1) is 5.22. The van der Waals surface area contributed by atoms with Crippen LogP contribution in [0.1, 0.15) is 32.6 Å². The Hall–Kier alpha value is -0.280. The molecule has 66 valence electrons. The third-order valence-corrected chi connectivity index (χ3v) is 1.87. The van der Waals surface area contributed by atoms with E-state index in [1.165, 1.54) is 5.48 Å². The van der Waals surface area contributed by atoms with Crippen LogP contribution in [-0.2, 0) is 4.79 Å². The van der Waals surface area contributed by atoms with E-state index in [1.807, 2.05) is 0 Å². The summed E-state index contributed by atoms with van der Waals surface area (Å²) in [5, 5.41) is 7.59. The van der Waals surface area contributed by atoms with Gasteiger partial charge in [0.25, 0.3) is 5.91 Å². The van der Waals surface area contributed by atoms with Crippen LogP contribution in [0.3, 0.4) is 0 Å². The standard InChI is InChI=1S/C7H14ClNO2/c1-2-3-4-5-6(8)7(10)9-11/h6,11H,2-5H2,1H3,(H,9,10). The molecule has 0 saturated heterocycles. The molecule has 4 heteroatoms. The Morgan fingerprint density at radius 1 is 1.64 bits per heavy atom. The number of amides is 1. The van der Waals surface area contributed by atoms with Crippen molar-refractivity contribution in [2.24, 2.45) is 0 Å². The number of hydrogen-bond acceptors (Lipinski definition) is 2. The summed E-state index contributed by atoms with van der Waals surface area (Å²) in [4.78, 5) is 10.6. The molecule has 0 aliphatic rings. The monoisotopic (exact) mass is 179 g/mol. The minimum absolute atomic E-state index is 0.511. The molecule has 0 bridgehead atoms. The van der Waals surface area contributed by atoms with Crippen LogP contribution in [-0.4, -0.2) is 16.5 Å². The van der Waals surface area contributed by atoms with Crippen molar-refractivity contribution in [2.75, 3.05) is 0 Å². The lowest BCUT2D eigenvalue weighted by Crippen LogP contribution is -2.28. The fraction of sp³-hybridized carbons (Fsp3) is 0.857. The number of carbonyl (C=O) groups is 1. The molecule has 3 nitrogen and oxygen atoms in total. The van der Waals surface area contributed by atoms with E-state index in [0.717, 1.165) is 19.3 Å². The van der Waals surface area contributed by atoms with Crippen LogP contribution in [0.4, 0.5) is 0 Å². The molecule has 0 aromatic carbocycles. The van der Waals surface area contributed by atoms with Gasteiger partial charge >= 0.3 is 0 Å². The topological polar surface area (TPSA) is 49.3 Å². The van der Waals surface area contributed by atoms with Crippen LogP contribution in [0.2, 0.25) is 0 Å². The Morgan fingerprint density at radius 2 is 2.27 bits per heavy atom. The van der Waals surface area contributed by atoms with Gasteiger partial charge in [-0.3, -0.25) is 10.0 Å². The highest BCUT2D eigenvalue weighted by Crippen LogP contribution is 2.08. The highest BCUT2D eigenvalue weighted by atomic mass is 35.5. The molecule has 1 atom stereocenters. The SMILES string of the molecule is CCCCCC(Cl)C(=O)NO. The summed E-state index contributed by atoms with van der Waals surface area (Å²) in [6, 6.07) is 0. The minimum Gasteiger partial charge on any atom is -0.289 e. The Balaban J connectivity index is 3.36. The van der Waals surface area contributed by atoms with Crippen molar-refractivity contribution in [1.29, 1.82) is 0 Å². The average molecular weight is 180 g/mol. The lowest BCUT2D eigenvalue weighted by molar-refractivity contribution is -0.128. The number of carbonyl (C=O) groups excluding carboxylic acids is 1. The van der Waals surface area contributed by atoms with Crippen LogP contribution in [0.15, 0.2) is 0 Å². The molecule has 0 aliphatic carbocycles. The van der Waals surface area contributed by atoms with Gasteiger partial charge in [0.05, 0.1) is 0 Å². The first kappa shape index (κ1) is 10.7. The Bertz CT molecular complexity index is 119. The Labute approximate surface area is 71.7 Å². The van der Waals surface area contributed by atoms with Crippen molar-refractivity contribution in [3.05, 3.63) is 0 Å². The number of hydroxylamine groups is 1. The summed E-state index contributed by atoms with van der Waals surface area (Å²) in [6.45, 7) is 2.08. The minimum atomic E-state index is -0.591. The molecule has 1 unspecified atom stereocenters. The second kappa shape index (κ2) is 6.43. The zero-order valence-electron chi connectivity index (χ0n) is 6.64. The number of nitrogens with one attached hydrogen (secondary N) is 1. The predicted molar refractivity (Wildman–Crippen MR) is 43.7 cm³/mol. The number of rotatable bonds is 5. The highest BCUT2D eigenvalue weighted by Gasteiger charge is 2.12. The third-order valence-electron chi connectivity index (χ3n) is 1.46. The van der Waals surface area contributed by atoms with Crippen molar-refractivity contribution in [1.82, 2.24) is 5.48 Å². The largest absolute Gasteiger partial charge is 0.289 e. The highest BCUT2D eigenvalue weighted by molar-refractivity contribution is 6.30. The lowest BCUT2D eigenvalue weighted by atomic mass is 10.1. The van der Waals surface area contributed by atoms with Gasteiger partial charge in [0.1, 0.15) is 5.38 Å². The van der Waals surface area contributed by atoms with Crippen molar-refractivity contribution in [2.45, 2.75) is 38.0 Å². The number of alkyl halides is 1. The van der Waals surface area contributed by atoms with Gasteiger partial charge in [-0.15, -0.1) is 11.6 Å². The molecule has 0 saturated carbocycles. The van der Waals surface area contributed by atoms with Gasteiger partial charge in [-0.1, -0.05) is 26.2 Å². The van der Waals surface area contributed by atoms with Crippen molar-refractivity contribution < 1.29 is 10.0 Å². The molecular weight excluding hydrogens is 166 g/mol. The van der Waals surface area contributed by atoms with E-state index in [9.17, 15) is 4.79 Å². The van der Waals surface area contributed by atoms with Crippen LogP contribution >= 0.6 is 11.6 Å². The number of halogens is 1. The lowest BCUT2D eigenvalue weighted by Gasteiger charge is -2.05. The fourth-order valence-corrected chi connectivity index (χ4v) is 0.978. The summed E-state index contributed by atoms with van der Waals surface area (Å²) in [6.07, 6.45) is 3.73. The maximum atomic E-state index is 10.6. The van der Waals surface area contributed by atoms with E-state index >= 15 is 0 Å². The molecule has 0 aromatic rings. The first-order valence-corrected chi connectivity index (χ1v) is 4.24. The third kappa shape index (κ3) is 5.04. The van der Waals surface area contributed by atoms with Crippen LogP contribution in [0, 0.1) is 0 Å².